The van der Waals surface area contributed by atoms with Crippen LogP contribution in [0.4, 0.5) is 10.8 Å². The molecule has 0 saturated heterocycles. The number of nitrogens with two attached hydrogens (primary N) is 1. The number of anilines is 2. The Morgan fingerprint density at radius 3 is 3.00 bits per heavy atom. The first kappa shape index (κ1) is 13.0. The smallest absolute Gasteiger partial charge is 0.326 e. The van der Waals surface area contributed by atoms with E-state index in [1.54, 1.807) is 5.38 Å². The molecule has 1 heterocycles. The van der Waals surface area contributed by atoms with Crippen LogP contribution in [0.5, 0.6) is 0 Å². The van der Waals surface area contributed by atoms with Crippen molar-refractivity contribution in [3.63, 3.8) is 0 Å². The number of benzene rings is 1. The molecule has 5 nitrogen and oxygen atoms in total. The monoisotopic (exact) mass is 327 g/mol. The maximum atomic E-state index is 10.7. The molecule has 94 valence electrons. The summed E-state index contributed by atoms with van der Waals surface area (Å²) in [5, 5.41) is 14.1. The van der Waals surface area contributed by atoms with E-state index in [0.717, 1.165) is 10.2 Å². The van der Waals surface area contributed by atoms with E-state index in [4.69, 9.17) is 10.8 Å². The Bertz CT molecular complexity index is 573. The Labute approximate surface area is 116 Å². The molecule has 0 bridgehead atoms. The Kier molecular flexibility index (Phi) is 3.95. The summed E-state index contributed by atoms with van der Waals surface area (Å²) in [6, 6.07) is 6.52. The predicted molar refractivity (Wildman–Crippen MR) is 74.1 cm³/mol. The molecule has 0 fully saturated rings. The summed E-state index contributed by atoms with van der Waals surface area (Å²) < 4.78 is 0.950. The van der Waals surface area contributed by atoms with Crippen molar-refractivity contribution in [2.75, 3.05) is 5.32 Å². The molecule has 0 saturated carbocycles. The van der Waals surface area contributed by atoms with Crippen molar-refractivity contribution >= 4 is 44.1 Å². The molecule has 0 amide bonds. The molecule has 18 heavy (non-hydrogen) atoms. The van der Waals surface area contributed by atoms with E-state index in [2.05, 4.69) is 26.2 Å². The number of carboxylic acid groups (broad SMARTS) is 1. The fourth-order valence-electron chi connectivity index (χ4n) is 1.30. The van der Waals surface area contributed by atoms with Gasteiger partial charge in [-0.15, -0.1) is 11.3 Å². The lowest BCUT2D eigenvalue weighted by Crippen LogP contribution is -2.20. The lowest BCUT2D eigenvalue weighted by Gasteiger charge is -2.03. The van der Waals surface area contributed by atoms with Crippen molar-refractivity contribution in [3.8, 4) is 0 Å². The van der Waals surface area contributed by atoms with Gasteiger partial charge in [0.05, 0.1) is 5.69 Å². The third-order valence-corrected chi connectivity index (χ3v) is 3.45. The Hall–Kier alpha value is -1.44. The van der Waals surface area contributed by atoms with Gasteiger partial charge in [0.2, 0.25) is 0 Å². The third kappa shape index (κ3) is 3.06. The molecule has 7 heteroatoms. The minimum Gasteiger partial charge on any atom is -0.480 e. The Morgan fingerprint density at radius 1 is 1.56 bits per heavy atom. The van der Waals surface area contributed by atoms with Crippen LogP contribution in [0.3, 0.4) is 0 Å². The maximum Gasteiger partial charge on any atom is 0.326 e. The Balaban J connectivity index is 2.14. The average Bonchev–Trinajstić information content (AvgIpc) is 2.76. The van der Waals surface area contributed by atoms with Gasteiger partial charge in [0, 0.05) is 15.5 Å². The van der Waals surface area contributed by atoms with Crippen LogP contribution in [-0.4, -0.2) is 16.1 Å². The number of aliphatic carboxylic acids is 1. The lowest BCUT2D eigenvalue weighted by molar-refractivity contribution is -0.138. The van der Waals surface area contributed by atoms with Gasteiger partial charge in [0.15, 0.2) is 5.13 Å². The third-order valence-electron chi connectivity index (χ3n) is 2.18. The molecule has 1 unspecified atom stereocenters. The predicted octanol–water partition coefficient (Wildman–Crippen LogP) is 2.73. The summed E-state index contributed by atoms with van der Waals surface area (Å²) in [5.41, 5.74) is 6.70. The minimum absolute atomic E-state index is 0.352. The van der Waals surface area contributed by atoms with Crippen molar-refractivity contribution in [2.24, 2.45) is 5.73 Å². The van der Waals surface area contributed by atoms with Crippen LogP contribution in [0.25, 0.3) is 0 Å². The molecule has 1 aromatic carbocycles. The van der Waals surface area contributed by atoms with E-state index in [9.17, 15) is 4.79 Å². The summed E-state index contributed by atoms with van der Waals surface area (Å²) in [6.45, 7) is 0. The van der Waals surface area contributed by atoms with Gasteiger partial charge in [-0.2, -0.15) is 0 Å². The molecule has 2 aromatic rings. The Morgan fingerprint density at radius 2 is 2.33 bits per heavy atom. The number of hydrogen-bond donors (Lipinski definition) is 3. The fourth-order valence-corrected chi connectivity index (χ4v) is 2.47. The van der Waals surface area contributed by atoms with E-state index in [-0.39, 0.29) is 0 Å². The van der Waals surface area contributed by atoms with Crippen LogP contribution in [0.1, 0.15) is 11.7 Å². The molecule has 2 rings (SSSR count). The van der Waals surface area contributed by atoms with Crippen LogP contribution in [-0.2, 0) is 4.79 Å². The number of carbonyl (C=O) groups is 1. The number of thiazole rings is 1. The maximum absolute atomic E-state index is 10.7. The molecule has 4 N–H and O–H groups in total. The van der Waals surface area contributed by atoms with E-state index in [0.29, 0.717) is 10.8 Å². The van der Waals surface area contributed by atoms with Crippen LogP contribution in [0.2, 0.25) is 0 Å². The molecular weight excluding hydrogens is 318 g/mol. The zero-order chi connectivity index (χ0) is 13.1. The summed E-state index contributed by atoms with van der Waals surface area (Å²) in [6.07, 6.45) is 0. The SMILES string of the molecule is NC(C(=O)O)c1csc(Nc2cccc(Br)c2)n1. The zero-order valence-corrected chi connectivity index (χ0v) is 11.5. The zero-order valence-electron chi connectivity index (χ0n) is 9.13. The standard InChI is InChI=1S/C11H10BrN3O2S/c12-6-2-1-3-7(4-6)14-11-15-8(5-18-11)9(13)10(16)17/h1-5,9H,13H2,(H,14,15)(H,16,17). The van der Waals surface area contributed by atoms with Crippen molar-refractivity contribution < 1.29 is 9.90 Å². The number of halogens is 1. The molecule has 1 aromatic heterocycles. The van der Waals surface area contributed by atoms with Gasteiger partial charge >= 0.3 is 5.97 Å². The highest BCUT2D eigenvalue weighted by atomic mass is 79.9. The highest BCUT2D eigenvalue weighted by Crippen LogP contribution is 2.24. The second kappa shape index (κ2) is 5.47. The van der Waals surface area contributed by atoms with Crippen LogP contribution in [0, 0.1) is 0 Å². The van der Waals surface area contributed by atoms with Gasteiger partial charge in [-0.05, 0) is 18.2 Å². The molecule has 0 aliphatic heterocycles. The van der Waals surface area contributed by atoms with E-state index in [1.807, 2.05) is 24.3 Å². The lowest BCUT2D eigenvalue weighted by atomic mass is 10.2. The first-order valence-corrected chi connectivity index (χ1v) is 6.70. The summed E-state index contributed by atoms with van der Waals surface area (Å²) in [4.78, 5) is 14.9. The topological polar surface area (TPSA) is 88.2 Å². The second-order valence-electron chi connectivity index (χ2n) is 3.53. The highest BCUT2D eigenvalue weighted by Gasteiger charge is 2.17. The molecular formula is C11H10BrN3O2S. The number of rotatable bonds is 4. The summed E-state index contributed by atoms with van der Waals surface area (Å²) in [7, 11) is 0. The van der Waals surface area contributed by atoms with Crippen LogP contribution >= 0.6 is 27.3 Å². The minimum atomic E-state index is -1.09. The number of nitrogens with one attached hydrogen (secondary N) is 1. The van der Waals surface area contributed by atoms with Crippen molar-refractivity contribution in [1.82, 2.24) is 4.98 Å². The van der Waals surface area contributed by atoms with Crippen LogP contribution < -0.4 is 11.1 Å². The van der Waals surface area contributed by atoms with Gasteiger partial charge in [-0.25, -0.2) is 4.98 Å². The first-order valence-electron chi connectivity index (χ1n) is 5.02. The van der Waals surface area contributed by atoms with Crippen molar-refractivity contribution in [1.29, 1.82) is 0 Å². The van der Waals surface area contributed by atoms with Gasteiger partial charge in [0.1, 0.15) is 6.04 Å². The van der Waals surface area contributed by atoms with Crippen molar-refractivity contribution in [3.05, 3.63) is 39.8 Å². The van der Waals surface area contributed by atoms with Crippen LogP contribution in [0.15, 0.2) is 34.1 Å². The fraction of sp³-hybridized carbons (Fsp3) is 0.0909. The summed E-state index contributed by atoms with van der Waals surface area (Å²) in [5.74, 6) is -1.09. The molecule has 0 radical (unpaired) electrons. The second-order valence-corrected chi connectivity index (χ2v) is 5.30. The molecule has 1 atom stereocenters. The van der Waals surface area contributed by atoms with Crippen molar-refractivity contribution in [2.45, 2.75) is 6.04 Å². The number of hydrogen-bond acceptors (Lipinski definition) is 5. The van der Waals surface area contributed by atoms with Gasteiger partial charge < -0.3 is 16.2 Å². The largest absolute Gasteiger partial charge is 0.480 e. The van der Waals surface area contributed by atoms with E-state index < -0.39 is 12.0 Å². The number of carboxylic acids is 1. The molecule has 0 spiro atoms. The summed E-state index contributed by atoms with van der Waals surface area (Å²) >= 11 is 4.68. The van der Waals surface area contributed by atoms with Gasteiger partial charge in [0.25, 0.3) is 0 Å². The van der Waals surface area contributed by atoms with Gasteiger partial charge in [-0.3, -0.25) is 4.79 Å². The number of nitrogens with zero attached hydrogens (tertiary/aromatic N) is 1. The average molecular weight is 328 g/mol. The molecule has 0 aliphatic carbocycles. The van der Waals surface area contributed by atoms with E-state index >= 15 is 0 Å². The molecule has 0 aliphatic rings. The van der Waals surface area contributed by atoms with Gasteiger partial charge in [-0.1, -0.05) is 22.0 Å². The highest BCUT2D eigenvalue weighted by molar-refractivity contribution is 9.10. The number of aromatic nitrogens is 1. The normalized spacial score (nSPS) is 12.1. The first-order chi connectivity index (χ1) is 8.56. The quantitative estimate of drug-likeness (QED) is 0.803. The van der Waals surface area contributed by atoms with E-state index in [1.165, 1.54) is 11.3 Å².